The minimum absolute atomic E-state index is 0.894. The molecule has 104 heavy (non-hydrogen) atoms. The van der Waals surface area contributed by atoms with Crippen LogP contribution in [0.25, 0.3) is 137 Å². The minimum Gasteiger partial charge on any atom is -0.455 e. The number of anilines is 9. The fourth-order valence-corrected chi connectivity index (χ4v) is 15.8. The van der Waals surface area contributed by atoms with Gasteiger partial charge in [0.15, 0.2) is 0 Å². The third kappa shape index (κ3) is 10.3. The van der Waals surface area contributed by atoms with Gasteiger partial charge in [0.1, 0.15) is 22.3 Å². The summed E-state index contributed by atoms with van der Waals surface area (Å²) >= 11 is 0. The quantitative estimate of drug-likeness (QED) is 0.109. The summed E-state index contributed by atoms with van der Waals surface area (Å²) in [6.45, 7) is 0. The number of aromatic nitrogens is 1. The summed E-state index contributed by atoms with van der Waals surface area (Å²) < 4.78 is 15.4. The first-order valence-electron chi connectivity index (χ1n) is 35.4. The number of hydrogen-bond donors (Lipinski definition) is 0. The number of nitrogens with zero attached hydrogens (tertiary/aromatic N) is 4. The van der Waals surface area contributed by atoms with Gasteiger partial charge in [-0.05, 0) is 178 Å². The van der Waals surface area contributed by atoms with Crippen LogP contribution in [0.15, 0.2) is 397 Å². The number of furan rings is 2. The zero-order valence-corrected chi connectivity index (χ0v) is 56.6. The van der Waals surface area contributed by atoms with Gasteiger partial charge in [-0.1, -0.05) is 255 Å². The second-order valence-electron chi connectivity index (χ2n) is 26.7. The van der Waals surface area contributed by atoms with Crippen LogP contribution in [0.4, 0.5) is 51.2 Å². The van der Waals surface area contributed by atoms with Gasteiger partial charge in [0.2, 0.25) is 0 Å². The minimum atomic E-state index is 0.894. The molecule has 20 rings (SSSR count). The van der Waals surface area contributed by atoms with E-state index in [1.165, 1.54) is 43.4 Å². The van der Waals surface area contributed by atoms with Crippen molar-refractivity contribution in [3.05, 3.63) is 388 Å². The van der Waals surface area contributed by atoms with Gasteiger partial charge in [0.05, 0.1) is 22.4 Å². The standard InChI is InChI=1S/C98H64N4O2/c1-3-21-81-69(17-1)19-13-33-91(81)100(78-57-45-71(46-58-78)83-27-15-29-89-87-25-7-11-35-95(87)103-97(83)89)76-53-41-67(42-54-76)65-37-49-73(50-38-65)99(75-61-63-80(64-62-75)102-93-31-9-5-23-85(93)86-24-6-10-32-94(86)102)74-51-39-66(40-52-74)68-43-55-77(56-44-68)101(92-34-14-20-70-18-2-4-22-82(70)92)79-59-47-72(48-60-79)84-28-16-30-90-88-26-8-12-36-96(88)104-98(84)90/h1-64H. The first kappa shape index (κ1) is 60.1. The molecular weight excluding hydrogens is 1270 g/mol. The average molecular weight is 1330 g/mol. The Kier molecular flexibility index (Phi) is 14.5. The molecule has 6 heteroatoms. The van der Waals surface area contributed by atoms with E-state index in [1.807, 2.05) is 24.3 Å². The van der Waals surface area contributed by atoms with Crippen LogP contribution in [0.1, 0.15) is 0 Å². The fraction of sp³-hybridized carbons (Fsp3) is 0. The fourth-order valence-electron chi connectivity index (χ4n) is 15.8. The van der Waals surface area contributed by atoms with Gasteiger partial charge in [0.25, 0.3) is 0 Å². The second kappa shape index (κ2) is 25.0. The van der Waals surface area contributed by atoms with Crippen LogP contribution in [-0.2, 0) is 0 Å². The molecule has 17 aromatic carbocycles. The third-order valence-electron chi connectivity index (χ3n) is 20.8. The van der Waals surface area contributed by atoms with E-state index in [0.717, 1.165) is 145 Å². The lowest BCUT2D eigenvalue weighted by atomic mass is 10.0. The number of fused-ring (bicyclic) bond motifs is 11. The van der Waals surface area contributed by atoms with Gasteiger partial charge in [-0.15, -0.1) is 0 Å². The Morgan fingerprint density at radius 2 is 0.471 bits per heavy atom. The maximum Gasteiger partial charge on any atom is 0.143 e. The lowest BCUT2D eigenvalue weighted by molar-refractivity contribution is 0.669. The number of rotatable bonds is 14. The highest BCUT2D eigenvalue weighted by molar-refractivity contribution is 6.12. The van der Waals surface area contributed by atoms with Crippen LogP contribution >= 0.6 is 0 Å². The van der Waals surface area contributed by atoms with E-state index >= 15 is 0 Å². The Labute approximate surface area is 601 Å². The van der Waals surface area contributed by atoms with Crippen LogP contribution in [-0.4, -0.2) is 4.57 Å². The van der Waals surface area contributed by atoms with Crippen LogP contribution in [0.5, 0.6) is 0 Å². The van der Waals surface area contributed by atoms with Gasteiger partial charge < -0.3 is 28.1 Å². The van der Waals surface area contributed by atoms with Crippen molar-refractivity contribution < 1.29 is 8.83 Å². The van der Waals surface area contributed by atoms with Gasteiger partial charge in [-0.2, -0.15) is 0 Å². The Hall–Kier alpha value is -13.9. The molecule has 488 valence electrons. The van der Waals surface area contributed by atoms with Gasteiger partial charge in [-0.25, -0.2) is 0 Å². The van der Waals surface area contributed by atoms with E-state index in [9.17, 15) is 0 Å². The van der Waals surface area contributed by atoms with Gasteiger partial charge in [0, 0.05) is 99.7 Å². The molecule has 0 aliphatic rings. The van der Waals surface area contributed by atoms with Crippen LogP contribution in [0.2, 0.25) is 0 Å². The Balaban J connectivity index is 0.629. The molecule has 3 aromatic heterocycles. The molecule has 0 saturated carbocycles. The van der Waals surface area contributed by atoms with Crippen LogP contribution in [0, 0.1) is 0 Å². The van der Waals surface area contributed by atoms with Crippen molar-refractivity contribution in [2.45, 2.75) is 0 Å². The summed E-state index contributed by atoms with van der Waals surface area (Å²) in [5.74, 6) is 0. The molecule has 0 spiro atoms. The zero-order valence-electron chi connectivity index (χ0n) is 56.6. The molecule has 0 atom stereocenters. The molecule has 6 nitrogen and oxygen atoms in total. The predicted molar refractivity (Wildman–Crippen MR) is 436 cm³/mol. The summed E-state index contributed by atoms with van der Waals surface area (Å²) in [5.41, 5.74) is 25.4. The Bertz CT molecular complexity index is 6240. The maximum absolute atomic E-state index is 6.50. The topological polar surface area (TPSA) is 40.9 Å². The highest BCUT2D eigenvalue weighted by atomic mass is 16.3. The Morgan fingerprint density at radius 1 is 0.192 bits per heavy atom. The molecule has 0 fully saturated rings. The molecular formula is C98H64N4O2. The monoisotopic (exact) mass is 1330 g/mol. The normalized spacial score (nSPS) is 11.7. The summed E-state index contributed by atoms with van der Waals surface area (Å²) in [4.78, 5) is 7.11. The van der Waals surface area contributed by atoms with Crippen molar-refractivity contribution in [2.24, 2.45) is 0 Å². The first-order chi connectivity index (χ1) is 51.6. The lowest BCUT2D eigenvalue weighted by Gasteiger charge is -2.27. The summed E-state index contributed by atoms with van der Waals surface area (Å²) in [5, 5.41) is 11.7. The molecule has 3 heterocycles. The number of benzene rings is 17. The highest BCUT2D eigenvalue weighted by Gasteiger charge is 2.22. The van der Waals surface area contributed by atoms with Gasteiger partial charge >= 0.3 is 0 Å². The second-order valence-corrected chi connectivity index (χ2v) is 26.7. The summed E-state index contributed by atoms with van der Waals surface area (Å²) in [7, 11) is 0. The van der Waals surface area contributed by atoms with Crippen molar-refractivity contribution in [3.8, 4) is 50.2 Å². The molecule has 0 bridgehead atoms. The third-order valence-corrected chi connectivity index (χ3v) is 20.8. The van der Waals surface area contributed by atoms with E-state index in [1.54, 1.807) is 0 Å². The molecule has 0 unspecified atom stereocenters. The van der Waals surface area contributed by atoms with Crippen LogP contribution in [0.3, 0.4) is 0 Å². The summed E-state index contributed by atoms with van der Waals surface area (Å²) in [6.07, 6.45) is 0. The molecule has 0 aliphatic heterocycles. The van der Waals surface area contributed by atoms with E-state index in [-0.39, 0.29) is 0 Å². The molecule has 0 saturated heterocycles. The largest absolute Gasteiger partial charge is 0.455 e. The van der Waals surface area contributed by atoms with Crippen molar-refractivity contribution in [1.29, 1.82) is 0 Å². The van der Waals surface area contributed by atoms with E-state index in [2.05, 4.69) is 383 Å². The Morgan fingerprint density at radius 3 is 0.856 bits per heavy atom. The van der Waals surface area contributed by atoms with E-state index < -0.39 is 0 Å². The zero-order chi connectivity index (χ0) is 68.6. The smallest absolute Gasteiger partial charge is 0.143 e. The molecule has 0 N–H and O–H groups in total. The predicted octanol–water partition coefficient (Wildman–Crippen LogP) is 28.0. The van der Waals surface area contributed by atoms with Crippen molar-refractivity contribution in [1.82, 2.24) is 4.57 Å². The molecule has 0 radical (unpaired) electrons. The van der Waals surface area contributed by atoms with Crippen molar-refractivity contribution in [2.75, 3.05) is 14.7 Å². The van der Waals surface area contributed by atoms with Gasteiger partial charge in [-0.3, -0.25) is 0 Å². The van der Waals surface area contributed by atoms with Crippen molar-refractivity contribution in [3.63, 3.8) is 0 Å². The number of hydrogen-bond acceptors (Lipinski definition) is 5. The summed E-state index contributed by atoms with van der Waals surface area (Å²) in [6, 6.07) is 140. The highest BCUT2D eigenvalue weighted by Crippen LogP contribution is 2.46. The molecule has 20 aromatic rings. The average Bonchev–Trinajstić information content (AvgIpc) is 1.60. The van der Waals surface area contributed by atoms with Crippen LogP contribution < -0.4 is 14.7 Å². The first-order valence-corrected chi connectivity index (χ1v) is 35.4. The van der Waals surface area contributed by atoms with Crippen molar-refractivity contribution >= 4 is 138 Å². The van der Waals surface area contributed by atoms with E-state index in [0.29, 0.717) is 0 Å². The lowest BCUT2D eigenvalue weighted by Crippen LogP contribution is -2.10. The number of para-hydroxylation sites is 6. The SMILES string of the molecule is c1ccc2c(N(c3ccc(-c4ccc(N(c5ccc(-c6ccc(N(c7ccc(-c8cccc9c8oc8ccccc89)cc7)c7cccc8ccccc78)cc6)cc5)c5ccc(-n6c7ccccc7c7ccccc76)cc5)cc4)cc3)c3ccc(-c4cccc5c4oc4ccccc45)cc3)cccc2c1. The molecule has 0 aliphatic carbocycles. The van der Waals surface area contributed by atoms with E-state index in [4.69, 9.17) is 8.83 Å². The maximum atomic E-state index is 6.50. The molecule has 0 amide bonds.